The zero-order valence-electron chi connectivity index (χ0n) is 12.7. The quantitative estimate of drug-likeness (QED) is 0.844. The van der Waals surface area contributed by atoms with Crippen LogP contribution in [-0.2, 0) is 4.79 Å². The van der Waals surface area contributed by atoms with Crippen LogP contribution in [0, 0.1) is 11.3 Å². The fourth-order valence-corrected chi connectivity index (χ4v) is 2.96. The number of fused-ring (bicyclic) bond motifs is 1. The van der Waals surface area contributed by atoms with Crippen molar-refractivity contribution in [2.24, 2.45) is 0 Å². The summed E-state index contributed by atoms with van der Waals surface area (Å²) in [7, 11) is 0. The molecule has 0 saturated carbocycles. The van der Waals surface area contributed by atoms with E-state index in [-0.39, 0.29) is 0 Å². The molecule has 0 radical (unpaired) electrons. The second kappa shape index (κ2) is 5.89. The van der Waals surface area contributed by atoms with Gasteiger partial charge in [0.15, 0.2) is 0 Å². The van der Waals surface area contributed by atoms with E-state index in [1.54, 1.807) is 0 Å². The summed E-state index contributed by atoms with van der Waals surface area (Å²) in [5.41, 5.74) is 0.702. The van der Waals surface area contributed by atoms with Crippen LogP contribution in [0.15, 0.2) is 18.2 Å². The van der Waals surface area contributed by atoms with Gasteiger partial charge in [-0.3, -0.25) is 4.79 Å². The third-order valence-corrected chi connectivity index (χ3v) is 4.07. The van der Waals surface area contributed by atoms with E-state index in [0.29, 0.717) is 36.6 Å². The van der Waals surface area contributed by atoms with E-state index in [4.69, 9.17) is 10.00 Å². The lowest BCUT2D eigenvalue weighted by Crippen LogP contribution is -2.36. The van der Waals surface area contributed by atoms with E-state index in [2.05, 4.69) is 0 Å². The molecule has 0 bridgehead atoms. The number of anilines is 1. The van der Waals surface area contributed by atoms with Crippen molar-refractivity contribution < 1.29 is 19.4 Å². The Kier molecular flexibility index (Phi) is 3.92. The SMILES string of the molecule is CCCOc1cc(C#N)ccc1N1C(=O)[C@@H]2[C@H](O)CCN2C1=O. The van der Waals surface area contributed by atoms with Crippen LogP contribution < -0.4 is 9.64 Å². The van der Waals surface area contributed by atoms with E-state index in [9.17, 15) is 14.7 Å². The number of urea groups is 1. The number of ether oxygens (including phenoxy) is 1. The van der Waals surface area contributed by atoms with Gasteiger partial charge in [-0.25, -0.2) is 9.69 Å². The van der Waals surface area contributed by atoms with Gasteiger partial charge in [-0.05, 0) is 25.0 Å². The molecule has 3 amide bonds. The van der Waals surface area contributed by atoms with Crippen LogP contribution in [0.5, 0.6) is 5.75 Å². The predicted octanol–water partition coefficient (Wildman–Crippen LogP) is 1.25. The van der Waals surface area contributed by atoms with Gasteiger partial charge in [0.25, 0.3) is 5.91 Å². The minimum Gasteiger partial charge on any atom is -0.491 e. The molecule has 2 fully saturated rings. The van der Waals surface area contributed by atoms with E-state index >= 15 is 0 Å². The highest BCUT2D eigenvalue weighted by molar-refractivity contribution is 6.22. The Labute approximate surface area is 133 Å². The van der Waals surface area contributed by atoms with Gasteiger partial charge < -0.3 is 14.7 Å². The first kappa shape index (κ1) is 15.3. The van der Waals surface area contributed by atoms with Gasteiger partial charge in [0.05, 0.1) is 30.0 Å². The lowest BCUT2D eigenvalue weighted by molar-refractivity contribution is -0.121. The fraction of sp³-hybridized carbons (Fsp3) is 0.438. The molecule has 0 unspecified atom stereocenters. The summed E-state index contributed by atoms with van der Waals surface area (Å²) in [6.07, 6.45) is 0.323. The summed E-state index contributed by atoms with van der Waals surface area (Å²) in [4.78, 5) is 27.5. The highest BCUT2D eigenvalue weighted by Crippen LogP contribution is 2.37. The molecule has 2 saturated heterocycles. The molecule has 1 aromatic carbocycles. The van der Waals surface area contributed by atoms with Crippen molar-refractivity contribution in [3.8, 4) is 11.8 Å². The van der Waals surface area contributed by atoms with Gasteiger partial charge in [0.2, 0.25) is 0 Å². The van der Waals surface area contributed by atoms with Crippen molar-refractivity contribution in [2.75, 3.05) is 18.1 Å². The largest absolute Gasteiger partial charge is 0.491 e. The average Bonchev–Trinajstić information content (AvgIpc) is 3.05. The van der Waals surface area contributed by atoms with Crippen molar-refractivity contribution in [3.63, 3.8) is 0 Å². The molecule has 2 heterocycles. The molecule has 7 heteroatoms. The standard InChI is InChI=1S/C16H17N3O4/c1-2-7-23-13-8-10(9-17)3-4-11(13)19-15(21)14-12(20)5-6-18(14)16(19)22/h3-4,8,12,14,20H,2,5-7H2,1H3/t12-,14+/m1/s1. The fourth-order valence-electron chi connectivity index (χ4n) is 2.96. The summed E-state index contributed by atoms with van der Waals surface area (Å²) in [5, 5.41) is 18.9. The summed E-state index contributed by atoms with van der Waals surface area (Å²) in [5.74, 6) is -0.130. The van der Waals surface area contributed by atoms with Gasteiger partial charge in [0.1, 0.15) is 11.8 Å². The molecule has 23 heavy (non-hydrogen) atoms. The maximum atomic E-state index is 12.6. The molecule has 120 valence electrons. The summed E-state index contributed by atoms with van der Waals surface area (Å²) < 4.78 is 5.61. The van der Waals surface area contributed by atoms with Crippen LogP contribution >= 0.6 is 0 Å². The molecule has 0 aromatic heterocycles. The highest BCUT2D eigenvalue weighted by atomic mass is 16.5. The maximum Gasteiger partial charge on any atom is 0.332 e. The minimum absolute atomic E-state index is 0.314. The van der Waals surface area contributed by atoms with Crippen LogP contribution in [-0.4, -0.2) is 47.2 Å². The van der Waals surface area contributed by atoms with Crippen molar-refractivity contribution >= 4 is 17.6 Å². The molecule has 1 aromatic rings. The van der Waals surface area contributed by atoms with Crippen LogP contribution in [0.1, 0.15) is 25.3 Å². The predicted molar refractivity (Wildman–Crippen MR) is 80.9 cm³/mol. The number of amides is 3. The van der Waals surface area contributed by atoms with E-state index in [1.807, 2.05) is 13.0 Å². The molecular formula is C16H17N3O4. The van der Waals surface area contributed by atoms with E-state index in [0.717, 1.165) is 11.3 Å². The van der Waals surface area contributed by atoms with E-state index < -0.39 is 24.1 Å². The molecule has 2 atom stereocenters. The topological polar surface area (TPSA) is 93.9 Å². The molecule has 3 rings (SSSR count). The molecule has 2 aliphatic rings. The van der Waals surface area contributed by atoms with Gasteiger partial charge in [-0.2, -0.15) is 5.26 Å². The van der Waals surface area contributed by atoms with Crippen molar-refractivity contribution in [3.05, 3.63) is 23.8 Å². The maximum absolute atomic E-state index is 12.6. The van der Waals surface area contributed by atoms with Crippen LogP contribution in [0.25, 0.3) is 0 Å². The smallest absolute Gasteiger partial charge is 0.332 e. The van der Waals surface area contributed by atoms with Crippen molar-refractivity contribution in [1.29, 1.82) is 5.26 Å². The number of carbonyl (C=O) groups excluding carboxylic acids is 2. The number of aliphatic hydroxyl groups excluding tert-OH is 1. The highest BCUT2D eigenvalue weighted by Gasteiger charge is 2.53. The average molecular weight is 315 g/mol. The molecule has 2 aliphatic heterocycles. The van der Waals surface area contributed by atoms with Gasteiger partial charge in [0, 0.05) is 12.6 Å². The summed E-state index contributed by atoms with van der Waals surface area (Å²) in [6, 6.07) is 5.33. The van der Waals surface area contributed by atoms with Crippen molar-refractivity contribution in [2.45, 2.75) is 31.9 Å². The number of nitriles is 1. The number of imide groups is 1. The number of hydrogen-bond donors (Lipinski definition) is 1. The minimum atomic E-state index is -0.838. The lowest BCUT2D eigenvalue weighted by Gasteiger charge is -2.19. The Morgan fingerprint density at radius 1 is 1.43 bits per heavy atom. The zero-order chi connectivity index (χ0) is 16.6. The lowest BCUT2D eigenvalue weighted by atomic mass is 10.1. The Balaban J connectivity index is 1.99. The Bertz CT molecular complexity index is 697. The van der Waals surface area contributed by atoms with Gasteiger partial charge in [-0.1, -0.05) is 6.92 Å². The number of rotatable bonds is 4. The third-order valence-electron chi connectivity index (χ3n) is 4.07. The first-order chi connectivity index (χ1) is 11.1. The molecular weight excluding hydrogens is 298 g/mol. The number of hydrogen-bond acceptors (Lipinski definition) is 5. The summed E-state index contributed by atoms with van der Waals surface area (Å²) in [6.45, 7) is 2.70. The van der Waals surface area contributed by atoms with Crippen LogP contribution in [0.2, 0.25) is 0 Å². The first-order valence-electron chi connectivity index (χ1n) is 7.58. The molecule has 1 N–H and O–H groups in total. The third kappa shape index (κ3) is 2.41. The molecule has 0 spiro atoms. The summed E-state index contributed by atoms with van der Waals surface area (Å²) >= 11 is 0. The van der Waals surface area contributed by atoms with Crippen molar-refractivity contribution in [1.82, 2.24) is 4.90 Å². The second-order valence-electron chi connectivity index (χ2n) is 5.59. The number of nitrogens with zero attached hydrogens (tertiary/aromatic N) is 3. The van der Waals surface area contributed by atoms with E-state index in [1.165, 1.54) is 23.1 Å². The normalized spacial score (nSPS) is 23.2. The number of carbonyl (C=O) groups is 2. The van der Waals surface area contributed by atoms with Crippen LogP contribution in [0.3, 0.4) is 0 Å². The van der Waals surface area contributed by atoms with Crippen LogP contribution in [0.4, 0.5) is 10.5 Å². The van der Waals surface area contributed by atoms with Gasteiger partial charge in [-0.15, -0.1) is 0 Å². The molecule has 0 aliphatic carbocycles. The monoisotopic (exact) mass is 315 g/mol. The Morgan fingerprint density at radius 2 is 2.22 bits per heavy atom. The second-order valence-corrected chi connectivity index (χ2v) is 5.59. The zero-order valence-corrected chi connectivity index (χ0v) is 12.7. The molecule has 7 nitrogen and oxygen atoms in total. The first-order valence-corrected chi connectivity index (χ1v) is 7.58. The Hall–Kier alpha value is -2.59. The Morgan fingerprint density at radius 3 is 2.87 bits per heavy atom. The van der Waals surface area contributed by atoms with Gasteiger partial charge >= 0.3 is 6.03 Å². The number of benzene rings is 1. The number of aliphatic hydroxyl groups is 1.